The lowest BCUT2D eigenvalue weighted by molar-refractivity contribution is -0.123. The van der Waals surface area contributed by atoms with Crippen molar-refractivity contribution in [2.45, 2.75) is 12.0 Å². The van der Waals surface area contributed by atoms with Gasteiger partial charge in [0.2, 0.25) is 5.91 Å². The Balaban J connectivity index is 1.49. The molecule has 2 aromatic carbocycles. The molecule has 0 saturated carbocycles. The lowest BCUT2D eigenvalue weighted by atomic mass is 9.92. The summed E-state index contributed by atoms with van der Waals surface area (Å²) in [6.07, 6.45) is 0.730. The zero-order valence-electron chi connectivity index (χ0n) is 17.1. The Bertz CT molecular complexity index is 969. The molecule has 7 nitrogen and oxygen atoms in total. The molecule has 1 spiro atoms. The standard InChI is InChI=1S/C22H25FN4O3/c1-25-13-20(28)27(18-7-3-5-16(23)11-18)15-22(25)9-10-26(14-22)21(29)24-17-6-4-8-19(12-17)30-2/h3-8,11-12H,9-10,13-15H2,1-2H3,(H,24,29)/t22-/m0/s1. The first-order valence-electron chi connectivity index (χ1n) is 9.87. The summed E-state index contributed by atoms with van der Waals surface area (Å²) in [6.45, 7) is 1.69. The number of hydrogen-bond acceptors (Lipinski definition) is 4. The van der Waals surface area contributed by atoms with Crippen LogP contribution in [0.1, 0.15) is 6.42 Å². The zero-order chi connectivity index (χ0) is 21.3. The number of piperazine rings is 1. The normalized spacial score (nSPS) is 21.9. The Morgan fingerprint density at radius 2 is 1.97 bits per heavy atom. The van der Waals surface area contributed by atoms with Crippen molar-refractivity contribution in [3.8, 4) is 5.75 Å². The third-order valence-corrected chi connectivity index (χ3v) is 6.00. The zero-order valence-corrected chi connectivity index (χ0v) is 17.1. The summed E-state index contributed by atoms with van der Waals surface area (Å²) in [5.74, 6) is 0.217. The number of amides is 3. The smallest absolute Gasteiger partial charge is 0.321 e. The number of nitrogens with one attached hydrogen (secondary N) is 1. The molecule has 2 fully saturated rings. The molecule has 2 aromatic rings. The van der Waals surface area contributed by atoms with Gasteiger partial charge in [-0.05, 0) is 43.8 Å². The maximum Gasteiger partial charge on any atom is 0.321 e. The van der Waals surface area contributed by atoms with Crippen LogP contribution in [0.3, 0.4) is 0 Å². The van der Waals surface area contributed by atoms with Gasteiger partial charge >= 0.3 is 6.03 Å². The van der Waals surface area contributed by atoms with E-state index in [2.05, 4.69) is 5.32 Å². The molecule has 2 aliphatic heterocycles. The molecule has 4 rings (SSSR count). The van der Waals surface area contributed by atoms with Crippen molar-refractivity contribution in [1.29, 1.82) is 0 Å². The quantitative estimate of drug-likeness (QED) is 0.842. The summed E-state index contributed by atoms with van der Waals surface area (Å²) in [4.78, 5) is 30.9. The maximum atomic E-state index is 13.7. The Kier molecular flexibility index (Phi) is 5.34. The number of carbonyl (C=O) groups excluding carboxylic acids is 2. The molecular weight excluding hydrogens is 387 g/mol. The van der Waals surface area contributed by atoms with Crippen molar-refractivity contribution >= 4 is 23.3 Å². The highest BCUT2D eigenvalue weighted by molar-refractivity contribution is 5.96. The van der Waals surface area contributed by atoms with Crippen molar-refractivity contribution in [3.63, 3.8) is 0 Å². The van der Waals surface area contributed by atoms with Crippen LogP contribution in [0.4, 0.5) is 20.6 Å². The predicted molar refractivity (Wildman–Crippen MR) is 112 cm³/mol. The summed E-state index contributed by atoms with van der Waals surface area (Å²) in [5.41, 5.74) is 0.840. The van der Waals surface area contributed by atoms with Crippen LogP contribution in [0, 0.1) is 5.82 Å². The van der Waals surface area contributed by atoms with Crippen molar-refractivity contribution in [3.05, 3.63) is 54.3 Å². The van der Waals surface area contributed by atoms with Crippen molar-refractivity contribution in [1.82, 2.24) is 9.80 Å². The lowest BCUT2D eigenvalue weighted by Gasteiger charge is -2.46. The molecule has 0 radical (unpaired) electrons. The monoisotopic (exact) mass is 412 g/mol. The number of carbonyl (C=O) groups is 2. The highest BCUT2D eigenvalue weighted by atomic mass is 19.1. The van der Waals surface area contributed by atoms with E-state index >= 15 is 0 Å². The third-order valence-electron chi connectivity index (χ3n) is 6.00. The van der Waals surface area contributed by atoms with Crippen LogP contribution < -0.4 is 15.0 Å². The second-order valence-corrected chi connectivity index (χ2v) is 7.87. The molecule has 0 aliphatic carbocycles. The van der Waals surface area contributed by atoms with E-state index in [0.717, 1.165) is 6.42 Å². The van der Waals surface area contributed by atoms with E-state index in [4.69, 9.17) is 4.74 Å². The molecule has 1 atom stereocenters. The van der Waals surface area contributed by atoms with Gasteiger partial charge in [-0.2, -0.15) is 0 Å². The molecule has 0 aromatic heterocycles. The number of ether oxygens (including phenoxy) is 1. The summed E-state index contributed by atoms with van der Waals surface area (Å²) in [7, 11) is 3.49. The molecule has 2 saturated heterocycles. The van der Waals surface area contributed by atoms with E-state index < -0.39 is 0 Å². The predicted octanol–water partition coefficient (Wildman–Crippen LogP) is 2.79. The molecular formula is C22H25FN4O3. The molecule has 0 unspecified atom stereocenters. The number of likely N-dealkylation sites (N-methyl/N-ethyl adjacent to an activating group) is 1. The van der Waals surface area contributed by atoms with Crippen molar-refractivity contribution in [2.75, 3.05) is 50.6 Å². The van der Waals surface area contributed by atoms with Crippen LogP contribution in [0.5, 0.6) is 5.75 Å². The van der Waals surface area contributed by atoms with Gasteiger partial charge < -0.3 is 19.9 Å². The van der Waals surface area contributed by atoms with Gasteiger partial charge in [0.1, 0.15) is 11.6 Å². The number of hydrogen-bond donors (Lipinski definition) is 1. The topological polar surface area (TPSA) is 65.1 Å². The van der Waals surface area contributed by atoms with Crippen LogP contribution in [-0.2, 0) is 4.79 Å². The van der Waals surface area contributed by atoms with E-state index in [1.165, 1.54) is 12.1 Å². The van der Waals surface area contributed by atoms with Crippen molar-refractivity contribution < 1.29 is 18.7 Å². The highest BCUT2D eigenvalue weighted by Crippen LogP contribution is 2.34. The minimum atomic E-state index is -0.376. The summed E-state index contributed by atoms with van der Waals surface area (Å²) < 4.78 is 18.9. The molecule has 0 bridgehead atoms. The van der Waals surface area contributed by atoms with Gasteiger partial charge in [0.05, 0.1) is 19.2 Å². The van der Waals surface area contributed by atoms with Gasteiger partial charge in [0.25, 0.3) is 0 Å². The minimum Gasteiger partial charge on any atom is -0.497 e. The number of benzene rings is 2. The number of rotatable bonds is 3. The van der Waals surface area contributed by atoms with E-state index in [1.807, 2.05) is 30.1 Å². The summed E-state index contributed by atoms with van der Waals surface area (Å²) >= 11 is 0. The number of urea groups is 1. The third kappa shape index (κ3) is 3.82. The fourth-order valence-corrected chi connectivity index (χ4v) is 4.21. The summed E-state index contributed by atoms with van der Waals surface area (Å²) in [6, 6.07) is 13.1. The van der Waals surface area contributed by atoms with Crippen LogP contribution in [0.15, 0.2) is 48.5 Å². The van der Waals surface area contributed by atoms with Crippen molar-refractivity contribution in [2.24, 2.45) is 0 Å². The first-order valence-corrected chi connectivity index (χ1v) is 9.87. The lowest BCUT2D eigenvalue weighted by Crippen LogP contribution is -2.64. The van der Waals surface area contributed by atoms with Gasteiger partial charge in [-0.25, -0.2) is 9.18 Å². The minimum absolute atomic E-state index is 0.0759. The Morgan fingerprint density at radius 3 is 2.73 bits per heavy atom. The molecule has 8 heteroatoms. The number of anilines is 2. The Morgan fingerprint density at radius 1 is 1.17 bits per heavy atom. The number of nitrogens with zero attached hydrogens (tertiary/aromatic N) is 3. The van der Waals surface area contributed by atoms with Gasteiger partial charge in [-0.3, -0.25) is 9.69 Å². The fourth-order valence-electron chi connectivity index (χ4n) is 4.21. The van der Waals surface area contributed by atoms with Crippen LogP contribution >= 0.6 is 0 Å². The van der Waals surface area contributed by atoms with Crippen LogP contribution in [0.2, 0.25) is 0 Å². The molecule has 1 N–H and O–H groups in total. The van der Waals surface area contributed by atoms with Gasteiger partial charge in [0, 0.05) is 37.1 Å². The fraction of sp³-hybridized carbons (Fsp3) is 0.364. The Hall–Kier alpha value is -3.13. The summed E-state index contributed by atoms with van der Waals surface area (Å²) in [5, 5.41) is 2.91. The van der Waals surface area contributed by atoms with E-state index in [-0.39, 0.29) is 29.8 Å². The van der Waals surface area contributed by atoms with Crippen LogP contribution in [-0.4, -0.2) is 67.6 Å². The van der Waals surface area contributed by atoms with E-state index in [1.54, 1.807) is 35.1 Å². The Labute approximate surface area is 175 Å². The number of methoxy groups -OCH3 is 1. The molecule has 158 valence electrons. The second-order valence-electron chi connectivity index (χ2n) is 7.87. The SMILES string of the molecule is COc1cccc(NC(=O)N2CC[C@]3(C2)CN(c2cccc(F)c2)C(=O)CN3C)c1. The number of likely N-dealkylation sites (tertiary alicyclic amines) is 1. The molecule has 2 aliphatic rings. The average Bonchev–Trinajstić information content (AvgIpc) is 3.16. The molecule has 3 amide bonds. The largest absolute Gasteiger partial charge is 0.497 e. The van der Waals surface area contributed by atoms with Crippen LogP contribution in [0.25, 0.3) is 0 Å². The first-order chi connectivity index (χ1) is 14.4. The van der Waals surface area contributed by atoms with E-state index in [9.17, 15) is 14.0 Å². The van der Waals surface area contributed by atoms with Gasteiger partial charge in [0.15, 0.2) is 0 Å². The van der Waals surface area contributed by atoms with Gasteiger partial charge in [-0.15, -0.1) is 0 Å². The second kappa shape index (κ2) is 7.95. The first kappa shape index (κ1) is 20.2. The highest BCUT2D eigenvalue weighted by Gasteiger charge is 2.48. The molecule has 2 heterocycles. The number of halogens is 1. The maximum absolute atomic E-state index is 13.7. The van der Waals surface area contributed by atoms with Gasteiger partial charge in [-0.1, -0.05) is 12.1 Å². The molecule has 30 heavy (non-hydrogen) atoms. The average molecular weight is 412 g/mol. The van der Waals surface area contributed by atoms with E-state index in [0.29, 0.717) is 36.8 Å².